The summed E-state index contributed by atoms with van der Waals surface area (Å²) >= 11 is 0. The number of pyridine rings is 1. The Balaban J connectivity index is 2.31. The first-order valence-electron chi connectivity index (χ1n) is 5.70. The molecule has 0 amide bonds. The van der Waals surface area contributed by atoms with E-state index in [9.17, 15) is 4.39 Å². The van der Waals surface area contributed by atoms with Gasteiger partial charge in [-0.2, -0.15) is 0 Å². The maximum absolute atomic E-state index is 13.7. The molecule has 4 heteroatoms. The molecule has 0 N–H and O–H groups in total. The average molecular weight is 241 g/mol. The van der Waals surface area contributed by atoms with Crippen LogP contribution in [0.4, 0.5) is 4.39 Å². The molecule has 0 aliphatic carbocycles. The number of fused-ring (bicyclic) bond motifs is 1. The maximum atomic E-state index is 13.7. The van der Waals surface area contributed by atoms with Gasteiger partial charge in [0.2, 0.25) is 0 Å². The number of aryl methyl sites for hydroxylation is 2. The summed E-state index contributed by atoms with van der Waals surface area (Å²) in [4.78, 5) is 8.26. The van der Waals surface area contributed by atoms with Crippen LogP contribution in [0, 0.1) is 12.7 Å². The van der Waals surface area contributed by atoms with E-state index in [-0.39, 0.29) is 5.82 Å². The molecule has 18 heavy (non-hydrogen) atoms. The Bertz CT molecular complexity index is 731. The lowest BCUT2D eigenvalue weighted by molar-refractivity contribution is 0.622. The SMILES string of the molecule is Cc1ccc2c(c1)nc(-c1ccncc1F)n2C. The quantitative estimate of drug-likeness (QED) is 0.655. The third-order valence-corrected chi connectivity index (χ3v) is 3.05. The molecule has 3 aromatic rings. The van der Waals surface area contributed by atoms with Crippen molar-refractivity contribution in [3.8, 4) is 11.4 Å². The Kier molecular flexibility index (Phi) is 2.37. The van der Waals surface area contributed by atoms with E-state index in [4.69, 9.17) is 0 Å². The van der Waals surface area contributed by atoms with Crippen LogP contribution in [0.2, 0.25) is 0 Å². The highest BCUT2D eigenvalue weighted by Crippen LogP contribution is 2.25. The summed E-state index contributed by atoms with van der Waals surface area (Å²) in [5.74, 6) is 0.267. The van der Waals surface area contributed by atoms with Gasteiger partial charge in [0.15, 0.2) is 5.82 Å². The van der Waals surface area contributed by atoms with Crippen LogP contribution in [0.5, 0.6) is 0 Å². The van der Waals surface area contributed by atoms with E-state index in [0.29, 0.717) is 11.4 Å². The predicted molar refractivity (Wildman–Crippen MR) is 68.6 cm³/mol. The smallest absolute Gasteiger partial charge is 0.152 e. The molecule has 0 radical (unpaired) electrons. The molecular formula is C14H12FN3. The molecule has 2 aromatic heterocycles. The van der Waals surface area contributed by atoms with Crippen LogP contribution in [0.15, 0.2) is 36.7 Å². The van der Waals surface area contributed by atoms with Crippen LogP contribution in [-0.2, 0) is 7.05 Å². The van der Waals surface area contributed by atoms with Crippen molar-refractivity contribution in [2.45, 2.75) is 6.92 Å². The minimum atomic E-state index is -0.354. The molecule has 3 rings (SSSR count). The van der Waals surface area contributed by atoms with Gasteiger partial charge in [-0.15, -0.1) is 0 Å². The van der Waals surface area contributed by atoms with Gasteiger partial charge in [0.1, 0.15) is 5.82 Å². The molecule has 0 bridgehead atoms. The Hall–Kier alpha value is -2.23. The molecule has 1 aromatic carbocycles. The fourth-order valence-corrected chi connectivity index (χ4v) is 2.11. The van der Waals surface area contributed by atoms with Crippen LogP contribution in [0.3, 0.4) is 0 Å². The van der Waals surface area contributed by atoms with Crippen molar-refractivity contribution in [3.63, 3.8) is 0 Å². The van der Waals surface area contributed by atoms with Crippen LogP contribution in [0.25, 0.3) is 22.4 Å². The van der Waals surface area contributed by atoms with Gasteiger partial charge in [-0.1, -0.05) is 6.07 Å². The molecule has 0 unspecified atom stereocenters. The Morgan fingerprint density at radius 2 is 2.06 bits per heavy atom. The second-order valence-electron chi connectivity index (χ2n) is 4.34. The van der Waals surface area contributed by atoms with E-state index in [1.165, 1.54) is 6.20 Å². The highest BCUT2D eigenvalue weighted by Gasteiger charge is 2.13. The Morgan fingerprint density at radius 3 is 2.83 bits per heavy atom. The zero-order valence-electron chi connectivity index (χ0n) is 10.2. The molecule has 0 saturated heterocycles. The molecular weight excluding hydrogens is 229 g/mol. The van der Waals surface area contributed by atoms with Gasteiger partial charge in [0.25, 0.3) is 0 Å². The number of aromatic nitrogens is 3. The summed E-state index contributed by atoms with van der Waals surface area (Å²) in [5.41, 5.74) is 3.49. The zero-order chi connectivity index (χ0) is 12.7. The van der Waals surface area contributed by atoms with Gasteiger partial charge in [0.05, 0.1) is 22.8 Å². The minimum absolute atomic E-state index is 0.354. The molecule has 90 valence electrons. The number of hydrogen-bond donors (Lipinski definition) is 0. The summed E-state index contributed by atoms with van der Waals surface area (Å²) in [6.07, 6.45) is 2.78. The molecule has 0 fully saturated rings. The van der Waals surface area contributed by atoms with Crippen LogP contribution < -0.4 is 0 Å². The van der Waals surface area contributed by atoms with Crippen LogP contribution in [-0.4, -0.2) is 14.5 Å². The minimum Gasteiger partial charge on any atom is -0.327 e. The Labute approximate surface area is 104 Å². The predicted octanol–water partition coefficient (Wildman–Crippen LogP) is 3.08. The largest absolute Gasteiger partial charge is 0.327 e. The molecule has 0 aliphatic rings. The van der Waals surface area contributed by atoms with E-state index < -0.39 is 0 Å². The lowest BCUT2D eigenvalue weighted by Gasteiger charge is -2.02. The maximum Gasteiger partial charge on any atom is 0.152 e. The third-order valence-electron chi connectivity index (χ3n) is 3.05. The van der Waals surface area contributed by atoms with Crippen molar-refractivity contribution in [2.24, 2.45) is 7.05 Å². The standard InChI is InChI=1S/C14H12FN3/c1-9-3-4-13-12(7-9)17-14(18(13)2)10-5-6-16-8-11(10)15/h3-8H,1-2H3. The second-order valence-corrected chi connectivity index (χ2v) is 4.34. The van der Waals surface area contributed by atoms with Crippen LogP contribution in [0.1, 0.15) is 5.56 Å². The molecule has 0 atom stereocenters. The fourth-order valence-electron chi connectivity index (χ4n) is 2.11. The number of imidazole rings is 1. The van der Waals surface area contributed by atoms with Crippen molar-refractivity contribution in [2.75, 3.05) is 0 Å². The second kappa shape index (κ2) is 3.91. The van der Waals surface area contributed by atoms with Crippen LogP contribution >= 0.6 is 0 Å². The molecule has 3 nitrogen and oxygen atoms in total. The summed E-state index contributed by atoms with van der Waals surface area (Å²) in [6.45, 7) is 2.01. The van der Waals surface area contributed by atoms with Crippen molar-refractivity contribution in [1.82, 2.24) is 14.5 Å². The van der Waals surface area contributed by atoms with E-state index in [0.717, 1.165) is 16.6 Å². The molecule has 0 spiro atoms. The summed E-state index contributed by atoms with van der Waals surface area (Å²) in [5, 5.41) is 0. The highest BCUT2D eigenvalue weighted by molar-refractivity contribution is 5.81. The number of nitrogens with zero attached hydrogens (tertiary/aromatic N) is 3. The van der Waals surface area contributed by atoms with Gasteiger partial charge >= 0.3 is 0 Å². The van der Waals surface area contributed by atoms with Crippen molar-refractivity contribution in [1.29, 1.82) is 0 Å². The highest BCUT2D eigenvalue weighted by atomic mass is 19.1. The third kappa shape index (κ3) is 1.57. The van der Waals surface area contributed by atoms with Gasteiger partial charge in [0, 0.05) is 13.2 Å². The van der Waals surface area contributed by atoms with Crippen molar-refractivity contribution in [3.05, 3.63) is 48.0 Å². The summed E-state index contributed by atoms with van der Waals surface area (Å²) in [6, 6.07) is 7.66. The van der Waals surface area contributed by atoms with E-state index in [2.05, 4.69) is 9.97 Å². The van der Waals surface area contributed by atoms with Gasteiger partial charge in [-0.3, -0.25) is 4.98 Å². The molecule has 0 saturated carbocycles. The normalized spacial score (nSPS) is 11.1. The Morgan fingerprint density at radius 1 is 1.22 bits per heavy atom. The first-order valence-corrected chi connectivity index (χ1v) is 5.70. The first-order chi connectivity index (χ1) is 8.66. The van der Waals surface area contributed by atoms with Crippen molar-refractivity contribution >= 4 is 11.0 Å². The van der Waals surface area contributed by atoms with Gasteiger partial charge in [-0.25, -0.2) is 9.37 Å². The van der Waals surface area contributed by atoms with E-state index in [1.807, 2.05) is 36.7 Å². The number of rotatable bonds is 1. The van der Waals surface area contributed by atoms with Gasteiger partial charge < -0.3 is 4.57 Å². The number of halogens is 1. The first kappa shape index (κ1) is 10.9. The molecule has 2 heterocycles. The summed E-state index contributed by atoms with van der Waals surface area (Å²) in [7, 11) is 1.89. The number of hydrogen-bond acceptors (Lipinski definition) is 2. The monoisotopic (exact) mass is 241 g/mol. The van der Waals surface area contributed by atoms with Crippen molar-refractivity contribution < 1.29 is 4.39 Å². The van der Waals surface area contributed by atoms with Gasteiger partial charge in [-0.05, 0) is 30.7 Å². The van der Waals surface area contributed by atoms with E-state index >= 15 is 0 Å². The van der Waals surface area contributed by atoms with E-state index in [1.54, 1.807) is 12.3 Å². The zero-order valence-corrected chi connectivity index (χ0v) is 10.2. The number of benzene rings is 1. The fraction of sp³-hybridized carbons (Fsp3) is 0.143. The topological polar surface area (TPSA) is 30.7 Å². The average Bonchev–Trinajstić information content (AvgIpc) is 2.67. The molecule has 0 aliphatic heterocycles. The lowest BCUT2D eigenvalue weighted by atomic mass is 10.2. The lowest BCUT2D eigenvalue weighted by Crippen LogP contribution is -1.95. The summed E-state index contributed by atoms with van der Waals surface area (Å²) < 4.78 is 15.6.